The van der Waals surface area contributed by atoms with Crippen LogP contribution in [0.15, 0.2) is 42.5 Å². The summed E-state index contributed by atoms with van der Waals surface area (Å²) in [5, 5.41) is 24.2. The molecule has 1 N–H and O–H groups in total. The normalized spacial score (nSPS) is 10.5. The molecule has 0 bridgehead atoms. The summed E-state index contributed by atoms with van der Waals surface area (Å²) in [6, 6.07) is 8.69. The predicted molar refractivity (Wildman–Crippen MR) is 115 cm³/mol. The first-order chi connectivity index (χ1) is 15.6. The first kappa shape index (κ1) is 22.9. The van der Waals surface area contributed by atoms with Gasteiger partial charge in [-0.2, -0.15) is 0 Å². The predicted octanol–water partition coefficient (Wildman–Crippen LogP) is 1.90. The monoisotopic (exact) mass is 452 g/mol. The van der Waals surface area contributed by atoms with E-state index in [9.17, 15) is 34.6 Å². The van der Waals surface area contributed by atoms with Crippen molar-refractivity contribution in [1.82, 2.24) is 14.9 Å². The number of rotatable bonds is 7. The van der Waals surface area contributed by atoms with E-state index < -0.39 is 33.9 Å². The lowest BCUT2D eigenvalue weighted by Gasteiger charge is -2.13. The number of nitrogens with one attached hydrogen (secondary N) is 1. The lowest BCUT2D eigenvalue weighted by molar-refractivity contribution is -0.384. The van der Waals surface area contributed by atoms with Gasteiger partial charge in [0.05, 0.1) is 33.0 Å². The summed E-state index contributed by atoms with van der Waals surface area (Å²) in [6.07, 6.45) is -0.624. The molecule has 1 aromatic heterocycles. The summed E-state index contributed by atoms with van der Waals surface area (Å²) >= 11 is 0. The van der Waals surface area contributed by atoms with Gasteiger partial charge in [-0.1, -0.05) is 6.07 Å². The van der Waals surface area contributed by atoms with Crippen LogP contribution in [-0.2, 0) is 16.0 Å². The molecule has 0 aliphatic carbocycles. The summed E-state index contributed by atoms with van der Waals surface area (Å²) in [4.78, 5) is 67.7. The molecule has 13 heteroatoms. The van der Waals surface area contributed by atoms with Gasteiger partial charge < -0.3 is 10.2 Å². The van der Waals surface area contributed by atoms with E-state index in [-0.39, 0.29) is 39.5 Å². The Hall–Kier alpha value is -4.81. The number of nitro groups is 2. The van der Waals surface area contributed by atoms with Crippen LogP contribution in [0.4, 0.5) is 17.1 Å². The number of hydrogen-bond donors (Lipinski definition) is 1. The molecule has 0 fully saturated rings. The SMILES string of the molecule is CN(C)C(=O)c1nc2ccc([N+](=O)[O-])cc2nc1CC(=O)C(=O)Nc1cccc([N+](=O)[O-])c1. The standard InChI is InChI=1S/C20H16N6O7/c1-24(2)20(29)18-16(22-15-9-13(26(32)33)6-7-14(15)23-18)10-17(27)19(28)21-11-4-3-5-12(8-11)25(30)31/h3-9H,10H2,1-2H3,(H,21,28). The second kappa shape index (κ2) is 9.13. The number of fused-ring (bicyclic) bond motifs is 1. The Bertz CT molecular complexity index is 1320. The summed E-state index contributed by atoms with van der Waals surface area (Å²) < 4.78 is 0. The Balaban J connectivity index is 1.94. The van der Waals surface area contributed by atoms with Gasteiger partial charge in [-0.15, -0.1) is 0 Å². The highest BCUT2D eigenvalue weighted by atomic mass is 16.6. The van der Waals surface area contributed by atoms with Crippen molar-refractivity contribution < 1.29 is 24.2 Å². The third-order valence-corrected chi connectivity index (χ3v) is 4.44. The summed E-state index contributed by atoms with van der Waals surface area (Å²) in [7, 11) is 2.93. The van der Waals surface area contributed by atoms with Crippen LogP contribution in [0.25, 0.3) is 11.0 Å². The van der Waals surface area contributed by atoms with E-state index in [0.29, 0.717) is 0 Å². The smallest absolute Gasteiger partial charge is 0.292 e. The van der Waals surface area contributed by atoms with Crippen LogP contribution in [0.1, 0.15) is 16.2 Å². The highest BCUT2D eigenvalue weighted by Gasteiger charge is 2.24. The van der Waals surface area contributed by atoms with Gasteiger partial charge in [-0.3, -0.25) is 34.6 Å². The third-order valence-electron chi connectivity index (χ3n) is 4.44. The lowest BCUT2D eigenvalue weighted by Crippen LogP contribution is -2.28. The minimum atomic E-state index is -1.08. The van der Waals surface area contributed by atoms with Crippen molar-refractivity contribution >= 4 is 45.7 Å². The van der Waals surface area contributed by atoms with E-state index in [1.165, 1.54) is 49.3 Å². The van der Waals surface area contributed by atoms with Crippen LogP contribution in [0.2, 0.25) is 0 Å². The Kier molecular flexibility index (Phi) is 6.33. The molecule has 3 aromatic rings. The maximum atomic E-state index is 12.6. The molecule has 33 heavy (non-hydrogen) atoms. The number of amides is 2. The topological polar surface area (TPSA) is 179 Å². The lowest BCUT2D eigenvalue weighted by atomic mass is 10.1. The van der Waals surface area contributed by atoms with Crippen molar-refractivity contribution in [3.8, 4) is 0 Å². The van der Waals surface area contributed by atoms with Crippen molar-refractivity contribution in [2.24, 2.45) is 0 Å². The molecular formula is C20H16N6O7. The molecular weight excluding hydrogens is 436 g/mol. The van der Waals surface area contributed by atoms with Gasteiger partial charge in [0.2, 0.25) is 5.78 Å². The van der Waals surface area contributed by atoms with Crippen molar-refractivity contribution in [3.05, 3.63) is 74.1 Å². The fourth-order valence-corrected chi connectivity index (χ4v) is 2.83. The minimum absolute atomic E-state index is 0.0346. The Morgan fingerprint density at radius 1 is 0.939 bits per heavy atom. The molecule has 0 saturated heterocycles. The van der Waals surface area contributed by atoms with Gasteiger partial charge in [-0.05, 0) is 12.1 Å². The van der Waals surface area contributed by atoms with Gasteiger partial charge in [0.25, 0.3) is 23.2 Å². The highest BCUT2D eigenvalue weighted by molar-refractivity contribution is 6.41. The molecule has 0 unspecified atom stereocenters. The first-order valence-electron chi connectivity index (χ1n) is 9.32. The van der Waals surface area contributed by atoms with Crippen LogP contribution in [0, 0.1) is 20.2 Å². The number of hydrogen-bond acceptors (Lipinski definition) is 9. The molecule has 2 amide bonds. The molecule has 3 rings (SSSR count). The number of ketones is 1. The number of Topliss-reactive ketones (excluding diaryl/α,β-unsaturated/α-hetero) is 1. The van der Waals surface area contributed by atoms with Crippen molar-refractivity contribution in [2.75, 3.05) is 19.4 Å². The van der Waals surface area contributed by atoms with Gasteiger partial charge in [0.15, 0.2) is 5.69 Å². The van der Waals surface area contributed by atoms with Gasteiger partial charge >= 0.3 is 0 Å². The Morgan fingerprint density at radius 3 is 2.24 bits per heavy atom. The summed E-state index contributed by atoms with van der Waals surface area (Å²) in [5.41, 5.74) is -0.555. The van der Waals surface area contributed by atoms with Gasteiger partial charge in [0.1, 0.15) is 0 Å². The minimum Gasteiger partial charge on any atom is -0.343 e. The second-order valence-electron chi connectivity index (χ2n) is 7.01. The fraction of sp³-hybridized carbons (Fsp3) is 0.150. The molecule has 0 aliphatic rings. The van der Waals surface area contributed by atoms with E-state index in [1.54, 1.807) is 0 Å². The van der Waals surface area contributed by atoms with E-state index in [1.807, 2.05) is 0 Å². The van der Waals surface area contributed by atoms with Crippen molar-refractivity contribution in [3.63, 3.8) is 0 Å². The molecule has 0 spiro atoms. The Labute approximate surface area is 185 Å². The van der Waals surface area contributed by atoms with E-state index in [0.717, 1.165) is 12.1 Å². The zero-order valence-corrected chi connectivity index (χ0v) is 17.3. The van der Waals surface area contributed by atoms with Crippen LogP contribution < -0.4 is 5.32 Å². The third kappa shape index (κ3) is 5.10. The number of benzene rings is 2. The number of anilines is 1. The van der Waals surface area contributed by atoms with Crippen molar-refractivity contribution in [2.45, 2.75) is 6.42 Å². The van der Waals surface area contributed by atoms with Crippen LogP contribution >= 0.6 is 0 Å². The number of non-ortho nitro benzene ring substituents is 2. The molecule has 168 valence electrons. The Morgan fingerprint density at radius 2 is 1.61 bits per heavy atom. The van der Waals surface area contributed by atoms with Gasteiger partial charge in [0, 0.05) is 44.0 Å². The summed E-state index contributed by atoms with van der Waals surface area (Å²) in [5.74, 6) is -2.65. The number of nitro benzene ring substituents is 2. The molecule has 0 aliphatic heterocycles. The molecule has 2 aromatic carbocycles. The molecule has 13 nitrogen and oxygen atoms in total. The van der Waals surface area contributed by atoms with Crippen molar-refractivity contribution in [1.29, 1.82) is 0 Å². The zero-order valence-electron chi connectivity index (χ0n) is 17.3. The largest absolute Gasteiger partial charge is 0.343 e. The number of aromatic nitrogens is 2. The molecule has 1 heterocycles. The van der Waals surface area contributed by atoms with E-state index in [4.69, 9.17) is 0 Å². The highest BCUT2D eigenvalue weighted by Crippen LogP contribution is 2.21. The summed E-state index contributed by atoms with van der Waals surface area (Å²) in [6.45, 7) is 0. The number of carbonyl (C=O) groups is 3. The number of carbonyl (C=O) groups excluding carboxylic acids is 3. The quantitative estimate of drug-likeness (QED) is 0.318. The van der Waals surface area contributed by atoms with E-state index in [2.05, 4.69) is 15.3 Å². The molecule has 0 saturated carbocycles. The molecule has 0 atom stereocenters. The molecule has 0 radical (unpaired) electrons. The van der Waals surface area contributed by atoms with Crippen LogP contribution in [-0.4, -0.2) is 56.4 Å². The maximum absolute atomic E-state index is 12.6. The average molecular weight is 452 g/mol. The maximum Gasteiger partial charge on any atom is 0.292 e. The second-order valence-corrected chi connectivity index (χ2v) is 7.01. The van der Waals surface area contributed by atoms with Crippen LogP contribution in [0.5, 0.6) is 0 Å². The number of nitrogens with zero attached hydrogens (tertiary/aromatic N) is 5. The first-order valence-corrected chi connectivity index (χ1v) is 9.32. The van der Waals surface area contributed by atoms with Crippen LogP contribution in [0.3, 0.4) is 0 Å². The fourth-order valence-electron chi connectivity index (χ4n) is 2.83. The van der Waals surface area contributed by atoms with E-state index >= 15 is 0 Å². The average Bonchev–Trinajstić information content (AvgIpc) is 2.77. The zero-order chi connectivity index (χ0) is 24.3. The van der Waals surface area contributed by atoms with Gasteiger partial charge in [-0.25, -0.2) is 9.97 Å².